The topological polar surface area (TPSA) is 163 Å². The fourth-order valence-corrected chi connectivity index (χ4v) is 7.33. The first-order chi connectivity index (χ1) is 30.9. The largest absolute Gasteiger partial charge is 0.507 e. The van der Waals surface area contributed by atoms with E-state index in [2.05, 4.69) is 69.7 Å². The summed E-state index contributed by atoms with van der Waals surface area (Å²) in [6.07, 6.45) is 3.39. The van der Waals surface area contributed by atoms with Crippen LogP contribution in [0.1, 0.15) is 22.3 Å². The summed E-state index contributed by atoms with van der Waals surface area (Å²) in [6, 6.07) is 21.5. The Morgan fingerprint density at radius 3 is 1.57 bits per heavy atom. The van der Waals surface area contributed by atoms with Crippen LogP contribution in [0.5, 0.6) is 17.5 Å². The number of phenols is 1. The number of phenolic OH excluding ortho intramolecular Hbond substituents is 1. The molecule has 0 aliphatic carbocycles. The van der Waals surface area contributed by atoms with Crippen molar-refractivity contribution in [3.8, 4) is 17.5 Å². The molecule has 8 rings (SSSR count). The highest BCUT2D eigenvalue weighted by Crippen LogP contribution is 2.27. The second kappa shape index (κ2) is 24.3. The molecule has 17 nitrogen and oxygen atoms in total. The third-order valence-electron chi connectivity index (χ3n) is 10.8. The molecule has 2 aromatic carbocycles. The van der Waals surface area contributed by atoms with E-state index < -0.39 is 0 Å². The molecule has 0 amide bonds. The van der Waals surface area contributed by atoms with Crippen molar-refractivity contribution in [2.24, 2.45) is 10.2 Å². The van der Waals surface area contributed by atoms with Gasteiger partial charge in [-0.3, -0.25) is 20.7 Å². The van der Waals surface area contributed by atoms with Gasteiger partial charge in [0.15, 0.2) is 11.6 Å². The minimum absolute atomic E-state index is 0.184. The smallest absolute Gasteiger partial charge is 0.217 e. The van der Waals surface area contributed by atoms with Gasteiger partial charge in [0.2, 0.25) is 11.8 Å². The van der Waals surface area contributed by atoms with Crippen LogP contribution in [0.3, 0.4) is 0 Å². The summed E-state index contributed by atoms with van der Waals surface area (Å²) in [7, 11) is 0. The zero-order valence-corrected chi connectivity index (χ0v) is 36.6. The van der Waals surface area contributed by atoms with Crippen LogP contribution < -0.4 is 30.1 Å². The van der Waals surface area contributed by atoms with E-state index in [0.717, 1.165) is 128 Å². The van der Waals surface area contributed by atoms with Gasteiger partial charge in [0.1, 0.15) is 19.0 Å². The number of aromatic hydroxyl groups is 1. The van der Waals surface area contributed by atoms with E-state index in [0.29, 0.717) is 55.4 Å². The Labute approximate surface area is 370 Å². The third-order valence-corrected chi connectivity index (χ3v) is 10.8. The zero-order chi connectivity index (χ0) is 43.5. The number of anilines is 4. The normalized spacial score (nSPS) is 17.7. The molecule has 4 aliphatic heterocycles. The predicted molar refractivity (Wildman–Crippen MR) is 247 cm³/mol. The fraction of sp³-hybridized carbons (Fsp3) is 0.478. The Bertz CT molecular complexity index is 2070. The number of hydrogen-bond donors (Lipinski definition) is 3. The van der Waals surface area contributed by atoms with Crippen molar-refractivity contribution in [1.82, 2.24) is 19.8 Å². The molecule has 17 heteroatoms. The maximum atomic E-state index is 10.0. The Hall–Kier alpha value is -5.56. The molecule has 0 atom stereocenters. The lowest BCUT2D eigenvalue weighted by molar-refractivity contribution is 0.0319. The van der Waals surface area contributed by atoms with Crippen molar-refractivity contribution in [3.63, 3.8) is 0 Å². The molecule has 2 aromatic heterocycles. The minimum Gasteiger partial charge on any atom is -0.507 e. The number of rotatable bonds is 16. The standard InChI is InChI=1S/C23H31N5O4.C23H31N5O3/c1-18-2-3-21(29)19(14-18)17-24-26-22-15-20(28-7-11-31-12-8-28)16-23(25-22)32-13-6-27-4-9-30-10-5-27;1-19-3-2-4-20(15-19)18-24-26-22-16-21(28-8-12-30-13-9-28)17-23(25-22)31-14-7-27-5-10-29-11-6-27/h2-3,14-17,29H,4-13H2,1H3,(H,25,26);2-4,15-18H,5-14H2,1H3,(H,25,26)/b24-17+;24-18+. The van der Waals surface area contributed by atoms with E-state index >= 15 is 0 Å². The van der Waals surface area contributed by atoms with Gasteiger partial charge in [-0.25, -0.2) is 0 Å². The molecular weight excluding hydrogens is 805 g/mol. The molecule has 4 fully saturated rings. The molecule has 0 unspecified atom stereocenters. The summed E-state index contributed by atoms with van der Waals surface area (Å²) in [5.74, 6) is 2.58. The second-order valence-corrected chi connectivity index (χ2v) is 15.6. The summed E-state index contributed by atoms with van der Waals surface area (Å²) in [5.41, 5.74) is 12.1. The second-order valence-electron chi connectivity index (χ2n) is 15.6. The van der Waals surface area contributed by atoms with Gasteiger partial charge in [-0.2, -0.15) is 20.2 Å². The van der Waals surface area contributed by atoms with Crippen LogP contribution in [0.25, 0.3) is 0 Å². The number of hydrazone groups is 2. The maximum absolute atomic E-state index is 10.0. The number of ether oxygens (including phenoxy) is 6. The van der Waals surface area contributed by atoms with Crippen molar-refractivity contribution in [2.45, 2.75) is 13.8 Å². The van der Waals surface area contributed by atoms with E-state index in [9.17, 15) is 5.11 Å². The van der Waals surface area contributed by atoms with Gasteiger partial charge in [0.25, 0.3) is 0 Å². The van der Waals surface area contributed by atoms with Crippen molar-refractivity contribution >= 4 is 35.4 Å². The number of pyridine rings is 2. The molecule has 63 heavy (non-hydrogen) atoms. The van der Waals surface area contributed by atoms with E-state index in [1.54, 1.807) is 18.5 Å². The highest BCUT2D eigenvalue weighted by Gasteiger charge is 2.17. The van der Waals surface area contributed by atoms with Gasteiger partial charge < -0.3 is 43.3 Å². The zero-order valence-electron chi connectivity index (χ0n) is 36.6. The molecule has 0 saturated carbocycles. The number of aromatic nitrogens is 2. The van der Waals surface area contributed by atoms with Crippen LogP contribution in [-0.2, 0) is 18.9 Å². The van der Waals surface area contributed by atoms with Crippen molar-refractivity contribution in [1.29, 1.82) is 0 Å². The monoisotopic (exact) mass is 866 g/mol. The molecule has 4 aliphatic rings. The van der Waals surface area contributed by atoms with Gasteiger partial charge in [-0.1, -0.05) is 41.5 Å². The van der Waals surface area contributed by atoms with E-state index in [-0.39, 0.29) is 5.75 Å². The van der Waals surface area contributed by atoms with Crippen LogP contribution in [0.2, 0.25) is 0 Å². The Balaban J connectivity index is 0.000000189. The highest BCUT2D eigenvalue weighted by molar-refractivity contribution is 5.84. The lowest BCUT2D eigenvalue weighted by atomic mass is 10.1. The Morgan fingerprint density at radius 1 is 0.587 bits per heavy atom. The van der Waals surface area contributed by atoms with Crippen molar-refractivity contribution in [2.75, 3.05) is 152 Å². The number of benzene rings is 2. The summed E-state index contributed by atoms with van der Waals surface area (Å²) in [4.78, 5) is 18.4. The molecule has 338 valence electrons. The van der Waals surface area contributed by atoms with Gasteiger partial charge in [0.05, 0.1) is 65.3 Å². The quantitative estimate of drug-likeness (QED) is 0.107. The fourth-order valence-electron chi connectivity index (χ4n) is 7.33. The number of nitrogens with one attached hydrogen (secondary N) is 2. The Morgan fingerprint density at radius 2 is 1.06 bits per heavy atom. The number of hydrogen-bond acceptors (Lipinski definition) is 17. The summed E-state index contributed by atoms with van der Waals surface area (Å²) < 4.78 is 33.8. The maximum Gasteiger partial charge on any atom is 0.217 e. The molecule has 3 N–H and O–H groups in total. The third kappa shape index (κ3) is 15.0. The molecule has 0 spiro atoms. The van der Waals surface area contributed by atoms with Crippen LogP contribution in [0.4, 0.5) is 23.0 Å². The van der Waals surface area contributed by atoms with Crippen LogP contribution >= 0.6 is 0 Å². The molecule has 4 aromatic rings. The van der Waals surface area contributed by atoms with Gasteiger partial charge in [-0.05, 0) is 31.5 Å². The first kappa shape index (κ1) is 45.5. The first-order valence-corrected chi connectivity index (χ1v) is 21.9. The molecule has 4 saturated heterocycles. The van der Waals surface area contributed by atoms with Crippen LogP contribution in [0, 0.1) is 13.8 Å². The highest BCUT2D eigenvalue weighted by atomic mass is 16.5. The molecule has 0 bridgehead atoms. The lowest BCUT2D eigenvalue weighted by Gasteiger charge is -2.29. The predicted octanol–water partition coefficient (Wildman–Crippen LogP) is 4.47. The number of nitrogens with zero attached hydrogens (tertiary/aromatic N) is 8. The molecule has 6 heterocycles. The summed E-state index contributed by atoms with van der Waals surface area (Å²) in [6.45, 7) is 19.9. The van der Waals surface area contributed by atoms with Crippen LogP contribution in [-0.4, -0.2) is 169 Å². The average Bonchev–Trinajstić information content (AvgIpc) is 3.32. The van der Waals surface area contributed by atoms with Gasteiger partial charge >= 0.3 is 0 Å². The summed E-state index contributed by atoms with van der Waals surface area (Å²) >= 11 is 0. The van der Waals surface area contributed by atoms with Crippen molar-refractivity contribution in [3.05, 3.63) is 89.0 Å². The summed E-state index contributed by atoms with van der Waals surface area (Å²) in [5, 5.41) is 18.7. The van der Waals surface area contributed by atoms with E-state index in [1.807, 2.05) is 55.5 Å². The van der Waals surface area contributed by atoms with Crippen molar-refractivity contribution < 1.29 is 33.5 Å². The van der Waals surface area contributed by atoms with Gasteiger partial charge in [-0.15, -0.1) is 0 Å². The SMILES string of the molecule is Cc1ccc(O)c(/C=N/Nc2cc(N3CCOCC3)cc(OCCN3CCOCC3)n2)c1.Cc1cccc(/C=N/Nc2cc(N3CCOCC3)cc(OCCN3CCOCC3)n2)c1. The minimum atomic E-state index is 0.184. The van der Waals surface area contributed by atoms with E-state index in [4.69, 9.17) is 28.4 Å². The number of morpholine rings is 4. The molecular formula is C46H62N10O7. The van der Waals surface area contributed by atoms with Gasteiger partial charge in [0, 0.05) is 107 Å². The first-order valence-electron chi connectivity index (χ1n) is 21.9. The lowest BCUT2D eigenvalue weighted by Crippen LogP contribution is -2.38. The molecule has 0 radical (unpaired) electrons. The Kier molecular flexibility index (Phi) is 17.6. The average molecular weight is 867 g/mol. The van der Waals surface area contributed by atoms with Crippen LogP contribution in [0.15, 0.2) is 76.9 Å². The number of aryl methyl sites for hydroxylation is 2. The van der Waals surface area contributed by atoms with E-state index in [1.165, 1.54) is 5.56 Å².